The molecule has 4 nitrogen and oxygen atoms in total. The lowest BCUT2D eigenvalue weighted by Crippen LogP contribution is -2.49. The summed E-state index contributed by atoms with van der Waals surface area (Å²) < 4.78 is 0. The van der Waals surface area contributed by atoms with E-state index in [1.807, 2.05) is 18.2 Å². The lowest BCUT2D eigenvalue weighted by molar-refractivity contribution is -0.146. The molecule has 0 bridgehead atoms. The van der Waals surface area contributed by atoms with Gasteiger partial charge in [-0.15, -0.1) is 0 Å². The van der Waals surface area contributed by atoms with Crippen LogP contribution in [-0.2, 0) is 16.0 Å². The Hall–Kier alpha value is -1.84. The zero-order valence-electron chi connectivity index (χ0n) is 14.4. The largest absolute Gasteiger partial charge is 0.481 e. The van der Waals surface area contributed by atoms with Crippen molar-refractivity contribution in [2.75, 3.05) is 6.54 Å². The fourth-order valence-electron chi connectivity index (χ4n) is 4.48. The molecule has 2 aliphatic rings. The van der Waals surface area contributed by atoms with Crippen LogP contribution in [0.2, 0.25) is 0 Å². The number of carbonyl (C=O) groups excluding carboxylic acids is 1. The molecule has 0 aromatic heterocycles. The molecule has 1 heterocycles. The third-order valence-electron chi connectivity index (χ3n) is 5.82. The Balaban J connectivity index is 1.72. The SMILES string of the molecule is CC1(Cc2ccccc2)CCCN1C(=O)C1CCCC(C(=O)O)C1. The molecule has 0 spiro atoms. The number of rotatable bonds is 4. The summed E-state index contributed by atoms with van der Waals surface area (Å²) in [7, 11) is 0. The van der Waals surface area contributed by atoms with E-state index in [1.165, 1.54) is 5.56 Å². The normalized spacial score (nSPS) is 30.3. The van der Waals surface area contributed by atoms with Crippen molar-refractivity contribution in [1.29, 1.82) is 0 Å². The Morgan fingerprint density at radius 1 is 1.17 bits per heavy atom. The van der Waals surface area contributed by atoms with Gasteiger partial charge < -0.3 is 10.0 Å². The summed E-state index contributed by atoms with van der Waals surface area (Å²) in [5.74, 6) is -1.04. The predicted molar refractivity (Wildman–Crippen MR) is 92.6 cm³/mol. The summed E-state index contributed by atoms with van der Waals surface area (Å²) in [4.78, 5) is 26.4. The minimum absolute atomic E-state index is 0.118. The van der Waals surface area contributed by atoms with Gasteiger partial charge >= 0.3 is 5.97 Å². The molecule has 1 N–H and O–H groups in total. The molecule has 3 unspecified atom stereocenters. The number of carboxylic acid groups (broad SMARTS) is 1. The third kappa shape index (κ3) is 3.47. The van der Waals surface area contributed by atoms with Gasteiger partial charge in [0, 0.05) is 18.0 Å². The van der Waals surface area contributed by atoms with Crippen LogP contribution in [0.1, 0.15) is 51.0 Å². The second-order valence-electron chi connectivity index (χ2n) is 7.65. The van der Waals surface area contributed by atoms with Crippen molar-refractivity contribution in [2.24, 2.45) is 11.8 Å². The molecular weight excluding hydrogens is 302 g/mol. The van der Waals surface area contributed by atoms with E-state index in [4.69, 9.17) is 0 Å². The van der Waals surface area contributed by atoms with Gasteiger partial charge in [0.25, 0.3) is 0 Å². The van der Waals surface area contributed by atoms with Crippen LogP contribution in [0.4, 0.5) is 0 Å². The van der Waals surface area contributed by atoms with Gasteiger partial charge in [-0.3, -0.25) is 9.59 Å². The summed E-state index contributed by atoms with van der Waals surface area (Å²) in [6.07, 6.45) is 5.81. The molecule has 1 saturated carbocycles. The molecule has 4 heteroatoms. The summed E-state index contributed by atoms with van der Waals surface area (Å²) in [5.41, 5.74) is 1.11. The van der Waals surface area contributed by atoms with Gasteiger partial charge in [-0.1, -0.05) is 36.8 Å². The highest BCUT2D eigenvalue weighted by Gasteiger charge is 2.43. The number of hydrogen-bond acceptors (Lipinski definition) is 2. The summed E-state index contributed by atoms with van der Waals surface area (Å²) in [6, 6.07) is 10.3. The van der Waals surface area contributed by atoms with E-state index in [9.17, 15) is 14.7 Å². The van der Waals surface area contributed by atoms with Crippen LogP contribution in [0.25, 0.3) is 0 Å². The van der Waals surface area contributed by atoms with Crippen LogP contribution >= 0.6 is 0 Å². The topological polar surface area (TPSA) is 57.6 Å². The van der Waals surface area contributed by atoms with Crippen molar-refractivity contribution in [1.82, 2.24) is 4.90 Å². The van der Waals surface area contributed by atoms with Crippen molar-refractivity contribution >= 4 is 11.9 Å². The van der Waals surface area contributed by atoms with Crippen LogP contribution in [0.15, 0.2) is 30.3 Å². The Bertz CT molecular complexity index is 600. The quantitative estimate of drug-likeness (QED) is 0.920. The Morgan fingerprint density at radius 3 is 2.58 bits per heavy atom. The van der Waals surface area contributed by atoms with Gasteiger partial charge in [-0.2, -0.15) is 0 Å². The maximum absolute atomic E-state index is 13.1. The number of hydrogen-bond donors (Lipinski definition) is 1. The first-order chi connectivity index (χ1) is 11.5. The van der Waals surface area contributed by atoms with Crippen molar-refractivity contribution in [3.05, 3.63) is 35.9 Å². The molecule has 1 saturated heterocycles. The minimum atomic E-state index is -0.749. The van der Waals surface area contributed by atoms with E-state index >= 15 is 0 Å². The highest BCUT2D eigenvalue weighted by atomic mass is 16.4. The molecule has 3 atom stereocenters. The maximum Gasteiger partial charge on any atom is 0.306 e. The average Bonchev–Trinajstić information content (AvgIpc) is 2.96. The Morgan fingerprint density at radius 2 is 1.88 bits per heavy atom. The number of aliphatic carboxylic acids is 1. The molecule has 3 rings (SSSR count). The van der Waals surface area contributed by atoms with E-state index < -0.39 is 5.97 Å². The number of benzene rings is 1. The van der Waals surface area contributed by atoms with Crippen LogP contribution < -0.4 is 0 Å². The standard InChI is InChI=1S/C20H27NO3/c1-20(14-15-7-3-2-4-8-15)11-6-12-21(20)18(22)16-9-5-10-17(13-16)19(23)24/h2-4,7-8,16-17H,5-6,9-14H2,1H3,(H,23,24). The molecule has 0 radical (unpaired) electrons. The molecule has 1 aromatic rings. The molecule has 24 heavy (non-hydrogen) atoms. The highest BCUT2D eigenvalue weighted by molar-refractivity contribution is 5.81. The van der Waals surface area contributed by atoms with Crippen molar-refractivity contribution < 1.29 is 14.7 Å². The summed E-state index contributed by atoms with van der Waals surface area (Å²) in [6.45, 7) is 2.98. The van der Waals surface area contributed by atoms with Gasteiger partial charge in [0.15, 0.2) is 0 Å². The van der Waals surface area contributed by atoms with Gasteiger partial charge in [-0.05, 0) is 51.0 Å². The van der Waals surface area contributed by atoms with E-state index in [2.05, 4.69) is 24.0 Å². The Labute approximate surface area is 143 Å². The number of carbonyl (C=O) groups is 2. The fraction of sp³-hybridized carbons (Fsp3) is 0.600. The molecule has 1 aliphatic heterocycles. The molecule has 2 fully saturated rings. The first-order valence-corrected chi connectivity index (χ1v) is 9.08. The van der Waals surface area contributed by atoms with Crippen molar-refractivity contribution in [2.45, 2.75) is 57.4 Å². The minimum Gasteiger partial charge on any atom is -0.481 e. The number of carboxylic acids is 1. The van der Waals surface area contributed by atoms with Gasteiger partial charge in [0.1, 0.15) is 0 Å². The smallest absolute Gasteiger partial charge is 0.306 e. The van der Waals surface area contributed by atoms with Crippen molar-refractivity contribution in [3.8, 4) is 0 Å². The fourth-order valence-corrected chi connectivity index (χ4v) is 4.48. The molecule has 1 aromatic carbocycles. The zero-order valence-corrected chi connectivity index (χ0v) is 14.4. The van der Waals surface area contributed by atoms with E-state index in [0.29, 0.717) is 12.8 Å². The number of nitrogens with zero attached hydrogens (tertiary/aromatic N) is 1. The molecule has 1 aliphatic carbocycles. The van der Waals surface area contributed by atoms with E-state index in [-0.39, 0.29) is 23.3 Å². The lowest BCUT2D eigenvalue weighted by Gasteiger charge is -2.39. The van der Waals surface area contributed by atoms with Crippen LogP contribution in [0.3, 0.4) is 0 Å². The second kappa shape index (κ2) is 6.96. The monoisotopic (exact) mass is 329 g/mol. The van der Waals surface area contributed by atoms with Crippen LogP contribution in [0, 0.1) is 11.8 Å². The second-order valence-corrected chi connectivity index (χ2v) is 7.65. The number of likely N-dealkylation sites (tertiary alicyclic amines) is 1. The maximum atomic E-state index is 13.1. The molecule has 1 amide bonds. The first-order valence-electron chi connectivity index (χ1n) is 9.08. The van der Waals surface area contributed by atoms with Crippen LogP contribution in [0.5, 0.6) is 0 Å². The van der Waals surface area contributed by atoms with Gasteiger partial charge in [-0.25, -0.2) is 0 Å². The average molecular weight is 329 g/mol. The van der Waals surface area contributed by atoms with E-state index in [0.717, 1.165) is 38.6 Å². The molecular formula is C20H27NO3. The van der Waals surface area contributed by atoms with Crippen molar-refractivity contribution in [3.63, 3.8) is 0 Å². The molecule has 130 valence electrons. The predicted octanol–water partition coefficient (Wildman–Crippen LogP) is 3.50. The third-order valence-corrected chi connectivity index (χ3v) is 5.82. The number of amides is 1. The van der Waals surface area contributed by atoms with Crippen LogP contribution in [-0.4, -0.2) is 34.0 Å². The highest BCUT2D eigenvalue weighted by Crippen LogP contribution is 2.37. The van der Waals surface area contributed by atoms with Gasteiger partial charge in [0.05, 0.1) is 5.92 Å². The lowest BCUT2D eigenvalue weighted by atomic mass is 9.80. The summed E-state index contributed by atoms with van der Waals surface area (Å²) in [5, 5.41) is 9.28. The van der Waals surface area contributed by atoms with Gasteiger partial charge in [0.2, 0.25) is 5.91 Å². The Kier molecular flexibility index (Phi) is 4.93. The first kappa shape index (κ1) is 17.0. The zero-order chi connectivity index (χ0) is 17.2. The summed E-state index contributed by atoms with van der Waals surface area (Å²) >= 11 is 0. The van der Waals surface area contributed by atoms with E-state index in [1.54, 1.807) is 0 Å².